The molecule has 3 rings (SSSR count). The Labute approximate surface area is 152 Å². The van der Waals surface area contributed by atoms with Gasteiger partial charge in [-0.05, 0) is 64.9 Å². The molecule has 0 radical (unpaired) electrons. The van der Waals surface area contributed by atoms with Gasteiger partial charge in [-0.1, -0.05) is 0 Å². The number of phenolic OH excluding ortho intramolecular Hbond substituents is 2. The molecule has 0 saturated carbocycles. The van der Waals surface area contributed by atoms with Crippen LogP contribution in [0, 0.1) is 0 Å². The number of rotatable bonds is 3. The minimum absolute atomic E-state index is 0.0332. The quantitative estimate of drug-likeness (QED) is 0.445. The van der Waals surface area contributed by atoms with Crippen molar-refractivity contribution in [2.24, 2.45) is 0 Å². The summed E-state index contributed by atoms with van der Waals surface area (Å²) in [5.41, 5.74) is 1.64. The van der Waals surface area contributed by atoms with Crippen LogP contribution in [0.5, 0.6) is 11.5 Å². The van der Waals surface area contributed by atoms with Crippen molar-refractivity contribution >= 4 is 49.2 Å². The van der Waals surface area contributed by atoms with Crippen molar-refractivity contribution in [2.45, 2.75) is 4.90 Å². The normalized spacial score (nSPS) is 15.3. The number of hydrogen-bond donors (Lipinski definition) is 4. The fourth-order valence-electron chi connectivity index (χ4n) is 2.45. The van der Waals surface area contributed by atoms with Gasteiger partial charge in [0.15, 0.2) is 11.5 Å². The van der Waals surface area contributed by atoms with Crippen LogP contribution in [-0.2, 0) is 14.8 Å². The number of halogens is 1. The van der Waals surface area contributed by atoms with Crippen LogP contribution < -0.4 is 10.0 Å². The monoisotopic (exact) mass is 424 g/mol. The fraction of sp³-hybridized carbons (Fsp3) is 0.0625. The van der Waals surface area contributed by atoms with E-state index >= 15 is 0 Å². The molecule has 130 valence electrons. The van der Waals surface area contributed by atoms with E-state index in [-0.39, 0.29) is 26.4 Å². The molecular weight excluding hydrogens is 412 g/mol. The number of benzene rings is 2. The molecule has 1 aliphatic heterocycles. The van der Waals surface area contributed by atoms with E-state index in [0.717, 1.165) is 0 Å². The molecule has 2 aromatic rings. The molecule has 1 heterocycles. The number of sulfonamides is 1. The third kappa shape index (κ3) is 3.13. The van der Waals surface area contributed by atoms with Gasteiger partial charge in [0.1, 0.15) is 0 Å². The first kappa shape index (κ1) is 17.5. The predicted molar refractivity (Wildman–Crippen MR) is 96.7 cm³/mol. The maximum Gasteiger partial charge on any atom is 0.256 e. The van der Waals surface area contributed by atoms with Crippen molar-refractivity contribution in [1.29, 1.82) is 0 Å². The number of fused-ring (bicyclic) bond motifs is 1. The lowest BCUT2D eigenvalue weighted by molar-refractivity contribution is -0.110. The summed E-state index contributed by atoms with van der Waals surface area (Å²) in [5.74, 6) is -1.04. The Morgan fingerprint density at radius 1 is 1.20 bits per heavy atom. The van der Waals surface area contributed by atoms with E-state index in [2.05, 4.69) is 26.0 Å². The first-order chi connectivity index (χ1) is 11.7. The molecule has 0 fully saturated rings. The van der Waals surface area contributed by atoms with E-state index in [9.17, 15) is 23.4 Å². The zero-order valence-corrected chi connectivity index (χ0v) is 15.3. The molecule has 2 aromatic carbocycles. The Bertz CT molecular complexity index is 1010. The summed E-state index contributed by atoms with van der Waals surface area (Å²) in [4.78, 5) is 12.3. The molecule has 4 N–H and O–H groups in total. The van der Waals surface area contributed by atoms with Crippen LogP contribution in [0.2, 0.25) is 0 Å². The smallest absolute Gasteiger partial charge is 0.256 e. The number of carbonyl (C=O) groups is 1. The minimum Gasteiger partial charge on any atom is -0.504 e. The van der Waals surface area contributed by atoms with E-state index in [1.54, 1.807) is 0 Å². The van der Waals surface area contributed by atoms with Crippen LogP contribution in [0.4, 0.5) is 5.69 Å². The predicted octanol–water partition coefficient (Wildman–Crippen LogP) is 2.26. The van der Waals surface area contributed by atoms with Gasteiger partial charge in [0.25, 0.3) is 5.91 Å². The Hall–Kier alpha value is -2.36. The molecule has 0 aromatic heterocycles. The highest BCUT2D eigenvalue weighted by Crippen LogP contribution is 2.38. The van der Waals surface area contributed by atoms with Crippen molar-refractivity contribution in [1.82, 2.24) is 4.72 Å². The summed E-state index contributed by atoms with van der Waals surface area (Å²) in [5, 5.41) is 21.9. The molecule has 0 aliphatic carbocycles. The van der Waals surface area contributed by atoms with Gasteiger partial charge in [0, 0.05) is 16.8 Å². The fourth-order valence-corrected chi connectivity index (χ4v) is 3.67. The summed E-state index contributed by atoms with van der Waals surface area (Å²) in [7, 11) is -2.34. The van der Waals surface area contributed by atoms with Crippen LogP contribution >= 0.6 is 15.9 Å². The average Bonchev–Trinajstić information content (AvgIpc) is 2.87. The highest BCUT2D eigenvalue weighted by molar-refractivity contribution is 9.10. The maximum atomic E-state index is 12.2. The second-order valence-corrected chi connectivity index (χ2v) is 8.04. The molecule has 1 aliphatic rings. The van der Waals surface area contributed by atoms with Gasteiger partial charge in [-0.15, -0.1) is 0 Å². The van der Waals surface area contributed by atoms with Crippen LogP contribution in [0.3, 0.4) is 0 Å². The number of carbonyl (C=O) groups excluding carboxylic acids is 1. The van der Waals surface area contributed by atoms with E-state index in [0.29, 0.717) is 16.8 Å². The molecule has 7 nitrogen and oxygen atoms in total. The summed E-state index contributed by atoms with van der Waals surface area (Å²) >= 11 is 3.11. The van der Waals surface area contributed by atoms with Gasteiger partial charge in [-0.2, -0.15) is 0 Å². The summed E-state index contributed by atoms with van der Waals surface area (Å²) in [6.45, 7) is 0. The lowest BCUT2D eigenvalue weighted by Gasteiger charge is -2.06. The molecule has 1 amide bonds. The molecular formula is C16H13BrN2O5S. The third-order valence-electron chi connectivity index (χ3n) is 3.73. The highest BCUT2D eigenvalue weighted by atomic mass is 79.9. The second kappa shape index (κ2) is 6.17. The highest BCUT2D eigenvalue weighted by Gasteiger charge is 2.26. The average molecular weight is 425 g/mol. The van der Waals surface area contributed by atoms with Crippen molar-refractivity contribution in [3.05, 3.63) is 45.9 Å². The van der Waals surface area contributed by atoms with E-state index in [4.69, 9.17) is 0 Å². The Kier molecular flexibility index (Phi) is 4.31. The summed E-state index contributed by atoms with van der Waals surface area (Å²) in [6, 6.07) is 7.15. The van der Waals surface area contributed by atoms with Gasteiger partial charge in [0.2, 0.25) is 10.0 Å². The topological polar surface area (TPSA) is 116 Å². The zero-order chi connectivity index (χ0) is 18.4. The SMILES string of the molecule is CNS(=O)(=O)c1ccc2c(c1)C(=Cc1cc(O)c(O)c(Br)c1)C(=O)N2. The minimum atomic E-state index is -3.65. The number of phenols is 2. The van der Waals surface area contributed by atoms with Gasteiger partial charge >= 0.3 is 0 Å². The summed E-state index contributed by atoms with van der Waals surface area (Å²) < 4.78 is 26.4. The van der Waals surface area contributed by atoms with E-state index in [1.165, 1.54) is 43.5 Å². The lowest BCUT2D eigenvalue weighted by atomic mass is 10.0. The first-order valence-corrected chi connectivity index (χ1v) is 9.33. The number of amides is 1. The summed E-state index contributed by atoms with van der Waals surface area (Å²) in [6.07, 6.45) is 1.50. The van der Waals surface area contributed by atoms with Gasteiger partial charge in [-0.3, -0.25) is 4.79 Å². The van der Waals surface area contributed by atoms with Crippen molar-refractivity contribution in [3.63, 3.8) is 0 Å². The van der Waals surface area contributed by atoms with Crippen LogP contribution in [0.25, 0.3) is 11.6 Å². The first-order valence-electron chi connectivity index (χ1n) is 7.05. The van der Waals surface area contributed by atoms with Gasteiger partial charge in [0.05, 0.1) is 9.37 Å². The standard InChI is InChI=1S/C16H13BrN2O5S/c1-18-25(23,24)9-2-3-13-10(7-9)11(16(22)19-13)4-8-5-12(17)15(21)14(20)6-8/h2-7,18,20-21H,1H3,(H,19,22). The van der Waals surface area contributed by atoms with Crippen molar-refractivity contribution in [2.75, 3.05) is 12.4 Å². The second-order valence-electron chi connectivity index (χ2n) is 5.30. The zero-order valence-electron chi connectivity index (χ0n) is 12.9. The molecule has 9 heteroatoms. The lowest BCUT2D eigenvalue weighted by Crippen LogP contribution is -2.18. The molecule has 0 bridgehead atoms. The van der Waals surface area contributed by atoms with Crippen LogP contribution in [0.15, 0.2) is 39.7 Å². The largest absolute Gasteiger partial charge is 0.504 e. The van der Waals surface area contributed by atoms with Crippen LogP contribution in [0.1, 0.15) is 11.1 Å². The number of nitrogens with one attached hydrogen (secondary N) is 2. The number of aromatic hydroxyl groups is 2. The van der Waals surface area contributed by atoms with Gasteiger partial charge in [-0.25, -0.2) is 13.1 Å². The third-order valence-corrected chi connectivity index (χ3v) is 5.75. The Morgan fingerprint density at radius 2 is 1.92 bits per heavy atom. The van der Waals surface area contributed by atoms with E-state index in [1.807, 2.05) is 0 Å². The Morgan fingerprint density at radius 3 is 2.56 bits per heavy atom. The molecule has 0 atom stereocenters. The van der Waals surface area contributed by atoms with Crippen LogP contribution in [-0.4, -0.2) is 31.6 Å². The van der Waals surface area contributed by atoms with E-state index < -0.39 is 15.9 Å². The van der Waals surface area contributed by atoms with Crippen molar-refractivity contribution in [3.8, 4) is 11.5 Å². The number of anilines is 1. The molecule has 0 unspecified atom stereocenters. The maximum absolute atomic E-state index is 12.2. The number of hydrogen-bond acceptors (Lipinski definition) is 5. The molecule has 25 heavy (non-hydrogen) atoms. The van der Waals surface area contributed by atoms with Gasteiger partial charge < -0.3 is 15.5 Å². The molecule has 0 spiro atoms. The van der Waals surface area contributed by atoms with Crippen molar-refractivity contribution < 1.29 is 23.4 Å². The Balaban J connectivity index is 2.14. The molecule has 0 saturated heterocycles.